The van der Waals surface area contributed by atoms with Crippen LogP contribution in [0.25, 0.3) is 0 Å². The van der Waals surface area contributed by atoms with Gasteiger partial charge in [0.05, 0.1) is 0 Å². The zero-order chi connectivity index (χ0) is 24.4. The first-order valence-electron chi connectivity index (χ1n) is 12.1. The van der Waals surface area contributed by atoms with Crippen LogP contribution < -0.4 is 56.6 Å². The average Bonchev–Trinajstić information content (AvgIpc) is 3.68. The summed E-state index contributed by atoms with van der Waals surface area (Å²) in [6.45, 7) is 0. The molecule has 0 aliphatic heterocycles. The molecule has 0 unspecified atom stereocenters. The van der Waals surface area contributed by atoms with Gasteiger partial charge in [0.25, 0.3) is 0 Å². The number of hydrogen-bond donors (Lipinski definition) is 0. The van der Waals surface area contributed by atoms with E-state index < -0.39 is 15.8 Å². The van der Waals surface area contributed by atoms with E-state index in [9.17, 15) is 0 Å². The van der Waals surface area contributed by atoms with Gasteiger partial charge < -0.3 is 24.8 Å². The summed E-state index contributed by atoms with van der Waals surface area (Å²) in [5.41, 5.74) is 0. The summed E-state index contributed by atoms with van der Waals surface area (Å²) in [6.07, 6.45) is 0. The normalized spacial score (nSPS) is 9.65. The van der Waals surface area contributed by atoms with Crippen LogP contribution in [0.5, 0.6) is 0 Å². The van der Waals surface area contributed by atoms with E-state index in [0.29, 0.717) is 0 Å². The van der Waals surface area contributed by atoms with Crippen molar-refractivity contribution >= 4 is 47.7 Å². The third kappa shape index (κ3) is 9.56. The van der Waals surface area contributed by atoms with Gasteiger partial charge in [0.15, 0.2) is 0 Å². The van der Waals surface area contributed by atoms with Crippen LogP contribution in [-0.2, 0) is 33.8 Å². The molecular formula is C34H28Cl2CoFeP2. The Morgan fingerprint density at radius 2 is 0.600 bits per heavy atom. The minimum absolute atomic E-state index is 0. The zero-order valence-corrected chi connectivity index (χ0v) is 26.9. The van der Waals surface area contributed by atoms with Crippen LogP contribution in [0.3, 0.4) is 0 Å². The SMILES string of the molecule is [Cl-].[Cl-].[Co+2].[Fe+2].c1ccc(P(c2ccccc2)c2ccc[cH-]2)cc1.c1ccc(P(c2ccccc2)c2ccc[cH-]2)cc1. The molecule has 0 saturated heterocycles. The van der Waals surface area contributed by atoms with Crippen LogP contribution in [0.15, 0.2) is 170 Å². The third-order valence-electron chi connectivity index (χ3n) is 5.86. The Morgan fingerprint density at radius 3 is 0.800 bits per heavy atom. The van der Waals surface area contributed by atoms with Gasteiger partial charge in [-0.3, -0.25) is 0 Å². The molecule has 0 N–H and O–H groups in total. The zero-order valence-electron chi connectivity index (χ0n) is 21.5. The van der Waals surface area contributed by atoms with Gasteiger partial charge in [-0.25, -0.2) is 24.3 Å². The molecule has 0 aliphatic carbocycles. The van der Waals surface area contributed by atoms with Crippen molar-refractivity contribution in [2.45, 2.75) is 0 Å². The van der Waals surface area contributed by atoms with Crippen molar-refractivity contribution in [2.75, 3.05) is 0 Å². The summed E-state index contributed by atoms with van der Waals surface area (Å²) in [5.74, 6) is 0. The minimum Gasteiger partial charge on any atom is -1.00 e. The minimum atomic E-state index is -0.409. The summed E-state index contributed by atoms with van der Waals surface area (Å²) in [4.78, 5) is 0. The summed E-state index contributed by atoms with van der Waals surface area (Å²) in [7, 11) is -0.818. The van der Waals surface area contributed by atoms with Crippen LogP contribution in [0, 0.1) is 0 Å². The first-order valence-corrected chi connectivity index (χ1v) is 14.8. The molecule has 6 rings (SSSR count). The van der Waals surface area contributed by atoms with E-state index in [-0.39, 0.29) is 58.7 Å². The Balaban J connectivity index is 0.000000364. The van der Waals surface area contributed by atoms with Crippen molar-refractivity contribution in [1.82, 2.24) is 0 Å². The Hall–Kier alpha value is -1.95. The van der Waals surface area contributed by atoms with E-state index >= 15 is 0 Å². The van der Waals surface area contributed by atoms with Gasteiger partial charge in [-0.1, -0.05) is 121 Å². The maximum atomic E-state index is 2.23. The fourth-order valence-electron chi connectivity index (χ4n) is 4.23. The van der Waals surface area contributed by atoms with Gasteiger partial charge in [-0.2, -0.15) is 24.3 Å². The number of halogens is 2. The Labute approximate surface area is 274 Å². The van der Waals surface area contributed by atoms with E-state index in [1.807, 2.05) is 0 Å². The average molecular weight is 684 g/mol. The quantitative estimate of drug-likeness (QED) is 0.135. The van der Waals surface area contributed by atoms with Gasteiger partial charge >= 0.3 is 33.8 Å². The van der Waals surface area contributed by atoms with Crippen LogP contribution in [0.4, 0.5) is 0 Å². The smallest absolute Gasteiger partial charge is 1.00 e. The molecule has 0 fully saturated rings. The van der Waals surface area contributed by atoms with Gasteiger partial charge in [0.2, 0.25) is 0 Å². The summed E-state index contributed by atoms with van der Waals surface area (Å²) < 4.78 is 0. The second-order valence-electron chi connectivity index (χ2n) is 8.30. The predicted molar refractivity (Wildman–Crippen MR) is 161 cm³/mol. The molecule has 0 saturated carbocycles. The molecule has 0 heterocycles. The second-order valence-corrected chi connectivity index (χ2v) is 12.7. The van der Waals surface area contributed by atoms with E-state index in [2.05, 4.69) is 170 Å². The molecule has 0 aromatic heterocycles. The summed E-state index contributed by atoms with van der Waals surface area (Å²) in [5, 5.41) is 8.47. The molecule has 205 valence electrons. The maximum Gasteiger partial charge on any atom is 2.00 e. The molecule has 0 atom stereocenters. The topological polar surface area (TPSA) is 0 Å². The number of hydrogen-bond acceptors (Lipinski definition) is 0. The van der Waals surface area contributed by atoms with Gasteiger partial charge in [0.1, 0.15) is 0 Å². The van der Waals surface area contributed by atoms with Crippen molar-refractivity contribution in [2.24, 2.45) is 0 Å². The molecule has 0 amide bonds. The Kier molecular flexibility index (Phi) is 17.3. The van der Waals surface area contributed by atoms with Crippen molar-refractivity contribution in [3.63, 3.8) is 0 Å². The van der Waals surface area contributed by atoms with Gasteiger partial charge in [-0.15, -0.1) is 10.6 Å². The standard InChI is InChI=1S/2C17H14P.2ClH.Co.Fe/c2*1-3-9-15(10-4-1)18(17-13-7-8-14-17)16-11-5-2-6-12-16;;;;/h2*1-14H;2*1H;;/q2*-1;;;2*+2/p-2. The molecule has 40 heavy (non-hydrogen) atoms. The molecule has 0 spiro atoms. The van der Waals surface area contributed by atoms with Crippen molar-refractivity contribution in [3.8, 4) is 0 Å². The van der Waals surface area contributed by atoms with Crippen molar-refractivity contribution in [1.29, 1.82) is 0 Å². The van der Waals surface area contributed by atoms with Crippen molar-refractivity contribution in [3.05, 3.63) is 170 Å². The third-order valence-corrected chi connectivity index (χ3v) is 10.8. The fourth-order valence-corrected chi connectivity index (χ4v) is 8.84. The monoisotopic (exact) mass is 683 g/mol. The van der Waals surface area contributed by atoms with Crippen LogP contribution in [0.2, 0.25) is 0 Å². The molecule has 0 nitrogen and oxygen atoms in total. The largest absolute Gasteiger partial charge is 2.00 e. The van der Waals surface area contributed by atoms with E-state index in [4.69, 9.17) is 0 Å². The Morgan fingerprint density at radius 1 is 0.350 bits per heavy atom. The summed E-state index contributed by atoms with van der Waals surface area (Å²) in [6, 6.07) is 60.5. The van der Waals surface area contributed by atoms with Crippen LogP contribution in [-0.4, -0.2) is 0 Å². The van der Waals surface area contributed by atoms with Crippen LogP contribution >= 0.6 is 15.8 Å². The molecule has 6 aromatic rings. The van der Waals surface area contributed by atoms with Crippen LogP contribution in [0.1, 0.15) is 0 Å². The van der Waals surface area contributed by atoms with Gasteiger partial charge in [-0.05, 0) is 37.1 Å². The van der Waals surface area contributed by atoms with Crippen molar-refractivity contribution < 1.29 is 58.7 Å². The maximum absolute atomic E-state index is 2.23. The molecule has 6 heteroatoms. The molecule has 0 aliphatic rings. The first kappa shape index (κ1) is 36.1. The number of rotatable bonds is 6. The first-order chi connectivity index (χ1) is 17.9. The van der Waals surface area contributed by atoms with Gasteiger partial charge in [0, 0.05) is 0 Å². The molecule has 6 aromatic carbocycles. The fraction of sp³-hybridized carbons (Fsp3) is 0. The second kappa shape index (κ2) is 19.2. The molecule has 1 radical (unpaired) electrons. The van der Waals surface area contributed by atoms with E-state index in [0.717, 1.165) is 0 Å². The molecular weight excluding hydrogens is 656 g/mol. The van der Waals surface area contributed by atoms with E-state index in [1.165, 1.54) is 31.8 Å². The predicted octanol–water partition coefficient (Wildman–Crippen LogP) is 0.330. The van der Waals surface area contributed by atoms with E-state index in [1.54, 1.807) is 0 Å². The Bertz CT molecular complexity index is 1220. The summed E-state index contributed by atoms with van der Waals surface area (Å²) >= 11 is 0. The molecule has 0 bridgehead atoms. The number of benzene rings is 4.